The zero-order chi connectivity index (χ0) is 45.6. The fourth-order valence-corrected chi connectivity index (χ4v) is 39.0. The summed E-state index contributed by atoms with van der Waals surface area (Å²) in [7, 11) is 18.3. The second kappa shape index (κ2) is 16.0. The Hall–Kier alpha value is -5.08. The van der Waals surface area contributed by atoms with Crippen LogP contribution in [0.2, 0.25) is 0 Å². The van der Waals surface area contributed by atoms with Crippen molar-refractivity contribution in [3.8, 4) is 33.4 Å². The van der Waals surface area contributed by atoms with Gasteiger partial charge < -0.3 is 0 Å². The van der Waals surface area contributed by atoms with Gasteiger partial charge in [0.25, 0.3) is 0 Å². The van der Waals surface area contributed by atoms with Crippen LogP contribution < -0.4 is 13.6 Å². The first-order valence-corrected chi connectivity index (χ1v) is 35.3. The molecular weight excluding hydrogens is 935 g/mol. The molecule has 2 atom stereocenters. The van der Waals surface area contributed by atoms with Gasteiger partial charge in [-0.3, -0.25) is 0 Å². The molecule has 2 aliphatic carbocycles. The molecule has 0 bridgehead atoms. The van der Waals surface area contributed by atoms with Gasteiger partial charge in [-0.05, 0) is 0 Å². The molecule has 0 saturated heterocycles. The van der Waals surface area contributed by atoms with Gasteiger partial charge in [0, 0.05) is 0 Å². The summed E-state index contributed by atoms with van der Waals surface area (Å²) in [5.41, 5.74) is 19.8. The monoisotopic (exact) mass is 987 g/mol. The summed E-state index contributed by atoms with van der Waals surface area (Å²) >= 11 is -6.00. The van der Waals surface area contributed by atoms with E-state index in [-0.39, 0.29) is 18.1 Å². The molecule has 1 heterocycles. The fraction of sp³-hybridized carbons (Fsp3) is 0.161. The van der Waals surface area contributed by atoms with Gasteiger partial charge >= 0.3 is 405 Å². The second-order valence-electron chi connectivity index (χ2n) is 20.8. The summed E-state index contributed by atoms with van der Waals surface area (Å²) in [6.07, 6.45) is 4.96. The van der Waals surface area contributed by atoms with Gasteiger partial charge in [0.1, 0.15) is 0 Å². The molecule has 8 aromatic carbocycles. The third kappa shape index (κ3) is 6.85. The van der Waals surface area contributed by atoms with Gasteiger partial charge in [0.05, 0.1) is 0 Å². The van der Waals surface area contributed by atoms with E-state index in [1.807, 2.05) is 0 Å². The third-order valence-electron chi connectivity index (χ3n) is 14.8. The standard InChI is InChI=1S/2C25H23.C12H9Si.2ClH.Zr/c2*1-25(2,3)24-15-8-7-13-22(24)21-14-9-12-19-16-20(17-23(19)21)18-10-5-4-6-11-18;1-3-7-11-9(5-1)10-6-2-4-8-12(10)13-11;;;/h2*4-17H,1-3H3;1-7H,13H2;2*1H;/q;;;;;+2/p-2. The van der Waals surface area contributed by atoms with Gasteiger partial charge in [0.15, 0.2) is 0 Å². The molecule has 0 radical (unpaired) electrons. The molecule has 4 heteroatoms. The normalized spacial score (nSPS) is 17.3. The Morgan fingerprint density at radius 1 is 0.394 bits per heavy atom. The Balaban J connectivity index is 1.27. The van der Waals surface area contributed by atoms with E-state index in [1.165, 1.54) is 103 Å². The maximum atomic E-state index is 9.62. The molecule has 0 spiro atoms. The van der Waals surface area contributed by atoms with Crippen LogP contribution in [0.3, 0.4) is 0 Å². The van der Waals surface area contributed by atoms with Gasteiger partial charge in [-0.25, -0.2) is 0 Å². The van der Waals surface area contributed by atoms with Crippen LogP contribution in [0.1, 0.15) is 93.3 Å². The first kappa shape index (κ1) is 43.5. The van der Waals surface area contributed by atoms with Crippen LogP contribution in [-0.2, 0) is 27.2 Å². The molecule has 0 nitrogen and oxygen atoms in total. The van der Waals surface area contributed by atoms with Crippen molar-refractivity contribution in [2.24, 2.45) is 0 Å². The van der Waals surface area contributed by atoms with Gasteiger partial charge in [-0.2, -0.15) is 0 Å². The molecule has 66 heavy (non-hydrogen) atoms. The topological polar surface area (TPSA) is 0 Å². The van der Waals surface area contributed by atoms with Crippen LogP contribution in [0.5, 0.6) is 0 Å². The molecule has 0 amide bonds. The van der Waals surface area contributed by atoms with Crippen LogP contribution in [0.25, 0.3) is 56.7 Å². The Bertz CT molecular complexity index is 3120. The van der Waals surface area contributed by atoms with E-state index >= 15 is 0 Å². The first-order valence-electron chi connectivity index (χ1n) is 23.5. The molecule has 3 aliphatic rings. The zero-order valence-electron chi connectivity index (χ0n) is 38.7. The Labute approximate surface area is 402 Å². The molecule has 0 saturated carbocycles. The summed E-state index contributed by atoms with van der Waals surface area (Å²) in [6, 6.07) is 69.8. The van der Waals surface area contributed by atoms with Crippen molar-refractivity contribution in [3.05, 3.63) is 233 Å². The average molecular weight is 990 g/mol. The summed E-state index contributed by atoms with van der Waals surface area (Å²) in [6.45, 7) is 13.9. The van der Waals surface area contributed by atoms with E-state index in [9.17, 15) is 17.0 Å². The van der Waals surface area contributed by atoms with Crippen LogP contribution in [-0.4, -0.2) is 9.52 Å². The predicted octanol–water partition coefficient (Wildman–Crippen LogP) is 14.9. The zero-order valence-corrected chi connectivity index (χ0v) is 44.1. The number of hydrogen-bond acceptors (Lipinski definition) is 0. The van der Waals surface area contributed by atoms with E-state index in [0.717, 1.165) is 0 Å². The second-order valence-corrected chi connectivity index (χ2v) is 43.3. The Kier molecular flexibility index (Phi) is 10.6. The van der Waals surface area contributed by atoms with E-state index in [1.54, 1.807) is 0 Å². The summed E-state index contributed by atoms with van der Waals surface area (Å²) in [4.78, 5) is 0. The number of fused-ring (bicyclic) bond motifs is 5. The molecule has 0 N–H and O–H groups in total. The number of rotatable bonds is 7. The first-order chi connectivity index (χ1) is 31.7. The van der Waals surface area contributed by atoms with Crippen molar-refractivity contribution in [1.82, 2.24) is 0 Å². The average Bonchev–Trinajstić information content (AvgIpc) is 4.05. The van der Waals surface area contributed by atoms with E-state index in [4.69, 9.17) is 0 Å². The van der Waals surface area contributed by atoms with Crippen molar-refractivity contribution in [2.75, 3.05) is 0 Å². The van der Waals surface area contributed by atoms with E-state index in [0.29, 0.717) is 0 Å². The molecular formula is C62H55Cl2SiZr. The number of halogens is 2. The molecule has 11 rings (SSSR count). The van der Waals surface area contributed by atoms with Crippen molar-refractivity contribution in [3.63, 3.8) is 0 Å². The molecule has 1 aliphatic heterocycles. The Morgan fingerprint density at radius 2 is 0.788 bits per heavy atom. The number of allylic oxidation sites excluding steroid dienone is 2. The molecule has 0 aromatic heterocycles. The van der Waals surface area contributed by atoms with Gasteiger partial charge in [0.2, 0.25) is 0 Å². The summed E-state index contributed by atoms with van der Waals surface area (Å²) in [5.74, 6) is 0. The van der Waals surface area contributed by atoms with Gasteiger partial charge in [-0.1, -0.05) is 0 Å². The maximum absolute atomic E-state index is 9.62. The van der Waals surface area contributed by atoms with Gasteiger partial charge in [-0.15, -0.1) is 0 Å². The minimum absolute atomic E-state index is 0.0665. The summed E-state index contributed by atoms with van der Waals surface area (Å²) in [5, 5.41) is 2.88. The quantitative estimate of drug-likeness (QED) is 0.140. The van der Waals surface area contributed by atoms with E-state index < -0.39 is 25.9 Å². The number of hydrogen-bond donors (Lipinski definition) is 0. The van der Waals surface area contributed by atoms with Crippen LogP contribution >= 0.6 is 17.0 Å². The molecule has 0 fully saturated rings. The molecule has 8 aromatic rings. The SMILES string of the molecule is CC(C)(C)c1ccccc1-c1cccc2c1C=C(c1ccccc1)[CH]2[Zr]([Cl])([Cl])([c]1cccc2c1[SiH2]c1ccccc1-2)[CH]1C(c2ccccc2)=Cc2c(-c3ccccc3C(C)(C)C)cccc21. The number of benzene rings is 8. The summed E-state index contributed by atoms with van der Waals surface area (Å²) < 4.78 is 0.652. The van der Waals surface area contributed by atoms with Crippen molar-refractivity contribution in [2.45, 2.75) is 59.6 Å². The molecule has 2 unspecified atom stereocenters. The molecule has 325 valence electrons. The Morgan fingerprint density at radius 3 is 1.27 bits per heavy atom. The van der Waals surface area contributed by atoms with Crippen molar-refractivity contribution >= 4 is 63.5 Å². The van der Waals surface area contributed by atoms with Crippen LogP contribution in [0.15, 0.2) is 188 Å². The fourth-order valence-electron chi connectivity index (χ4n) is 12.0. The predicted molar refractivity (Wildman–Crippen MR) is 286 cm³/mol. The van der Waals surface area contributed by atoms with Crippen LogP contribution in [0, 0.1) is 0 Å². The third-order valence-corrected chi connectivity index (χ3v) is 37.3. The van der Waals surface area contributed by atoms with Crippen molar-refractivity contribution in [1.29, 1.82) is 0 Å². The minimum atomic E-state index is -6.00. The van der Waals surface area contributed by atoms with Crippen LogP contribution in [0.4, 0.5) is 0 Å². The van der Waals surface area contributed by atoms with Crippen molar-refractivity contribution < 1.29 is 16.4 Å². The van der Waals surface area contributed by atoms with E-state index in [2.05, 4.69) is 242 Å².